The molecule has 0 aliphatic carbocycles. The Morgan fingerprint density at radius 1 is 1.25 bits per heavy atom. The number of hydrogen-bond acceptors (Lipinski definition) is 5. The van der Waals surface area contributed by atoms with Crippen LogP contribution in [0.3, 0.4) is 0 Å². The van der Waals surface area contributed by atoms with Crippen LogP contribution in [0.25, 0.3) is 10.9 Å². The van der Waals surface area contributed by atoms with Crippen molar-refractivity contribution in [3.63, 3.8) is 0 Å². The average Bonchev–Trinajstić information content (AvgIpc) is 3.06. The summed E-state index contributed by atoms with van der Waals surface area (Å²) >= 11 is 5.99. The van der Waals surface area contributed by atoms with Crippen LogP contribution in [0.5, 0.6) is 0 Å². The van der Waals surface area contributed by atoms with Crippen molar-refractivity contribution in [1.82, 2.24) is 14.8 Å². The normalized spacial score (nSPS) is 10.9. The Morgan fingerprint density at radius 2 is 2.08 bits per heavy atom. The van der Waals surface area contributed by atoms with Crippen molar-refractivity contribution in [3.8, 4) is 0 Å². The van der Waals surface area contributed by atoms with Crippen molar-refractivity contribution < 1.29 is 14.3 Å². The van der Waals surface area contributed by atoms with Gasteiger partial charge in [-0.05, 0) is 24.3 Å². The van der Waals surface area contributed by atoms with Crippen molar-refractivity contribution in [1.29, 1.82) is 0 Å². The number of nitrogens with zero attached hydrogens (tertiary/aromatic N) is 3. The van der Waals surface area contributed by atoms with E-state index in [9.17, 15) is 4.79 Å². The van der Waals surface area contributed by atoms with E-state index in [4.69, 9.17) is 16.3 Å². The highest BCUT2D eigenvalue weighted by molar-refractivity contribution is 6.31. The van der Waals surface area contributed by atoms with Crippen LogP contribution in [-0.4, -0.2) is 34.5 Å². The summed E-state index contributed by atoms with van der Waals surface area (Å²) in [6.07, 6.45) is 2.34. The van der Waals surface area contributed by atoms with Crippen LogP contribution in [-0.2, 0) is 22.6 Å². The second-order valence-corrected chi connectivity index (χ2v) is 5.60. The quantitative estimate of drug-likeness (QED) is 0.507. The number of esters is 1. The van der Waals surface area contributed by atoms with Crippen molar-refractivity contribution in [2.75, 3.05) is 13.7 Å². The van der Waals surface area contributed by atoms with Gasteiger partial charge in [0.15, 0.2) is 5.69 Å². The summed E-state index contributed by atoms with van der Waals surface area (Å²) in [7, 11) is 1.32. The zero-order valence-corrected chi connectivity index (χ0v) is 13.9. The number of pyridine rings is 1. The Morgan fingerprint density at radius 3 is 2.92 bits per heavy atom. The second kappa shape index (κ2) is 7.42. The van der Waals surface area contributed by atoms with Gasteiger partial charge < -0.3 is 9.47 Å². The minimum Gasteiger partial charge on any atom is -0.464 e. The van der Waals surface area contributed by atoms with Crippen molar-refractivity contribution in [2.45, 2.75) is 13.2 Å². The molecule has 3 aromatic rings. The van der Waals surface area contributed by atoms with Crippen molar-refractivity contribution in [2.24, 2.45) is 0 Å². The number of halogens is 1. The third kappa shape index (κ3) is 3.90. The summed E-state index contributed by atoms with van der Waals surface area (Å²) in [6, 6.07) is 11.2. The number of rotatable bonds is 6. The first-order chi connectivity index (χ1) is 11.7. The topological polar surface area (TPSA) is 66.2 Å². The minimum atomic E-state index is -0.465. The van der Waals surface area contributed by atoms with Gasteiger partial charge in [0.1, 0.15) is 6.73 Å². The molecule has 2 heterocycles. The second-order valence-electron chi connectivity index (χ2n) is 5.16. The van der Waals surface area contributed by atoms with Crippen molar-refractivity contribution in [3.05, 3.63) is 59.0 Å². The van der Waals surface area contributed by atoms with E-state index in [0.29, 0.717) is 18.1 Å². The SMILES string of the molecule is COC(=O)c1ccn(COCCc2ccc3ccc(Cl)cc3n2)n1. The van der Waals surface area contributed by atoms with Gasteiger partial charge in [-0.1, -0.05) is 23.7 Å². The summed E-state index contributed by atoms with van der Waals surface area (Å²) in [5.41, 5.74) is 2.06. The summed E-state index contributed by atoms with van der Waals surface area (Å²) in [6.45, 7) is 0.753. The molecule has 0 bridgehead atoms. The highest BCUT2D eigenvalue weighted by atomic mass is 35.5. The molecule has 0 radical (unpaired) electrons. The van der Waals surface area contributed by atoms with Crippen LogP contribution in [0, 0.1) is 0 Å². The first-order valence-electron chi connectivity index (χ1n) is 7.40. The summed E-state index contributed by atoms with van der Waals surface area (Å²) in [5, 5.41) is 5.78. The molecule has 0 unspecified atom stereocenters. The Hall–Kier alpha value is -2.44. The predicted octanol–water partition coefficient (Wildman–Crippen LogP) is 3.09. The maximum absolute atomic E-state index is 11.3. The smallest absolute Gasteiger partial charge is 0.358 e. The van der Waals surface area contributed by atoms with E-state index in [1.54, 1.807) is 16.9 Å². The monoisotopic (exact) mass is 345 g/mol. The first kappa shape index (κ1) is 16.4. The fourth-order valence-corrected chi connectivity index (χ4v) is 2.42. The predicted molar refractivity (Wildman–Crippen MR) is 90.0 cm³/mol. The van der Waals surface area contributed by atoms with Gasteiger partial charge in [0, 0.05) is 28.7 Å². The lowest BCUT2D eigenvalue weighted by atomic mass is 10.2. The maximum Gasteiger partial charge on any atom is 0.358 e. The van der Waals surface area contributed by atoms with Gasteiger partial charge in [0.2, 0.25) is 0 Å². The molecule has 24 heavy (non-hydrogen) atoms. The lowest BCUT2D eigenvalue weighted by molar-refractivity contribution is 0.0577. The number of ether oxygens (including phenoxy) is 2. The molecular formula is C17H16ClN3O3. The summed E-state index contributed by atoms with van der Waals surface area (Å²) in [4.78, 5) is 15.9. The molecule has 7 heteroatoms. The number of aromatic nitrogens is 3. The van der Waals surface area contributed by atoms with Crippen LogP contribution in [0.15, 0.2) is 42.6 Å². The number of hydrogen-bond donors (Lipinski definition) is 0. The standard InChI is InChI=1S/C17H16ClN3O3/c1-23-17(22)15-6-8-21(20-15)11-24-9-7-14-5-3-12-2-4-13(18)10-16(12)19-14/h2-6,8,10H,7,9,11H2,1H3. The molecule has 3 rings (SSSR count). The van der Waals surface area contributed by atoms with E-state index >= 15 is 0 Å². The molecule has 2 aromatic heterocycles. The maximum atomic E-state index is 11.3. The third-order valence-electron chi connectivity index (χ3n) is 3.47. The number of fused-ring (bicyclic) bond motifs is 1. The molecule has 0 aliphatic heterocycles. The zero-order chi connectivity index (χ0) is 16.9. The van der Waals surface area contributed by atoms with Crippen LogP contribution in [0.2, 0.25) is 5.02 Å². The zero-order valence-electron chi connectivity index (χ0n) is 13.1. The molecule has 0 spiro atoms. The van der Waals surface area contributed by atoms with Crippen LogP contribution in [0.1, 0.15) is 16.2 Å². The molecule has 0 N–H and O–H groups in total. The third-order valence-corrected chi connectivity index (χ3v) is 3.71. The molecule has 1 aromatic carbocycles. The largest absolute Gasteiger partial charge is 0.464 e. The van der Waals surface area contributed by atoms with Gasteiger partial charge in [0.25, 0.3) is 0 Å². The van der Waals surface area contributed by atoms with Gasteiger partial charge in [-0.2, -0.15) is 5.10 Å². The van der Waals surface area contributed by atoms with E-state index < -0.39 is 5.97 Å². The van der Waals surface area contributed by atoms with E-state index in [1.807, 2.05) is 30.3 Å². The fraction of sp³-hybridized carbons (Fsp3) is 0.235. The van der Waals surface area contributed by atoms with Crippen molar-refractivity contribution >= 4 is 28.5 Å². The van der Waals surface area contributed by atoms with Crippen LogP contribution in [0.4, 0.5) is 0 Å². The molecule has 0 amide bonds. The van der Waals surface area contributed by atoms with Gasteiger partial charge in [-0.3, -0.25) is 4.98 Å². The van der Waals surface area contributed by atoms with Gasteiger partial charge in [-0.25, -0.2) is 9.48 Å². The van der Waals surface area contributed by atoms with E-state index in [2.05, 4.69) is 14.8 Å². The number of benzene rings is 1. The van der Waals surface area contributed by atoms with E-state index in [0.717, 1.165) is 16.6 Å². The minimum absolute atomic E-state index is 0.258. The summed E-state index contributed by atoms with van der Waals surface area (Å²) in [5.74, 6) is -0.465. The van der Waals surface area contributed by atoms with Crippen LogP contribution < -0.4 is 0 Å². The van der Waals surface area contributed by atoms with Gasteiger partial charge in [0.05, 0.1) is 19.2 Å². The average molecular weight is 346 g/mol. The highest BCUT2D eigenvalue weighted by Crippen LogP contribution is 2.18. The number of methoxy groups -OCH3 is 1. The highest BCUT2D eigenvalue weighted by Gasteiger charge is 2.08. The molecule has 0 fully saturated rings. The van der Waals surface area contributed by atoms with Gasteiger partial charge in [-0.15, -0.1) is 0 Å². The van der Waals surface area contributed by atoms with E-state index in [-0.39, 0.29) is 12.4 Å². The van der Waals surface area contributed by atoms with Gasteiger partial charge >= 0.3 is 5.97 Å². The lowest BCUT2D eigenvalue weighted by Crippen LogP contribution is -2.09. The Bertz CT molecular complexity index is 863. The Labute approximate surface area is 144 Å². The molecule has 0 saturated carbocycles. The molecule has 0 aliphatic rings. The lowest BCUT2D eigenvalue weighted by Gasteiger charge is -2.05. The molecule has 0 atom stereocenters. The fourth-order valence-electron chi connectivity index (χ4n) is 2.25. The molecule has 0 saturated heterocycles. The number of carbonyl (C=O) groups excluding carboxylic acids is 1. The Kier molecular flexibility index (Phi) is 5.08. The first-order valence-corrected chi connectivity index (χ1v) is 7.78. The van der Waals surface area contributed by atoms with E-state index in [1.165, 1.54) is 7.11 Å². The Balaban J connectivity index is 1.53. The summed E-state index contributed by atoms with van der Waals surface area (Å²) < 4.78 is 11.7. The number of carbonyl (C=O) groups is 1. The molecule has 6 nitrogen and oxygen atoms in total. The molecule has 124 valence electrons. The molecular weight excluding hydrogens is 330 g/mol. The van der Waals surface area contributed by atoms with Crippen LogP contribution >= 0.6 is 11.6 Å².